The second-order valence-electron chi connectivity index (χ2n) is 4.41. The van der Waals surface area contributed by atoms with Gasteiger partial charge < -0.3 is 0 Å². The van der Waals surface area contributed by atoms with E-state index in [1.165, 1.54) is 56.6 Å². The van der Waals surface area contributed by atoms with Gasteiger partial charge in [-0.1, -0.05) is 68.4 Å². The predicted molar refractivity (Wildman–Crippen MR) is 62.8 cm³/mol. The fourth-order valence-electron chi connectivity index (χ4n) is 2.32. The number of halogens is 1. The van der Waals surface area contributed by atoms with E-state index in [1.54, 1.807) is 0 Å². The van der Waals surface area contributed by atoms with Crippen LogP contribution in [0.15, 0.2) is 0 Å². The smallest absolute Gasteiger partial charge is 0.261 e. The quantitative estimate of drug-likeness (QED) is 0.460. The van der Waals surface area contributed by atoms with Crippen LogP contribution in [-0.4, -0.2) is 13.2 Å². The van der Waals surface area contributed by atoms with Crippen LogP contribution in [0.1, 0.15) is 58.3 Å². The van der Waals surface area contributed by atoms with E-state index in [9.17, 15) is 0 Å². The number of rotatable bonds is 5. The zero-order valence-electron chi connectivity index (χ0n) is 8.90. The largest absolute Gasteiger partial charge is 0.402 e. The molecule has 0 radical (unpaired) electrons. The van der Waals surface area contributed by atoms with Gasteiger partial charge in [-0.15, -0.1) is 0 Å². The second kappa shape index (κ2) is 7.16. The molecule has 0 saturated heterocycles. The van der Waals surface area contributed by atoms with Crippen LogP contribution in [-0.2, 0) is 0 Å². The van der Waals surface area contributed by atoms with Crippen LogP contribution in [0.4, 0.5) is 0 Å². The van der Waals surface area contributed by atoms with E-state index in [1.807, 2.05) is 0 Å². The van der Waals surface area contributed by atoms with E-state index in [0.717, 1.165) is 4.78 Å². The molecule has 0 aliphatic heterocycles. The lowest BCUT2D eigenvalue weighted by atomic mass is 10.0. The Morgan fingerprint density at radius 2 is 1.85 bits per heavy atom. The molecule has 0 aromatic heterocycles. The first kappa shape index (κ1) is 11.9. The SMILES string of the molecule is CCCC[CH2][Al]([Cl])[CH]1CCCCC1. The summed E-state index contributed by atoms with van der Waals surface area (Å²) in [7, 11) is 6.53. The molecule has 0 N–H and O–H groups in total. The molecule has 0 bridgehead atoms. The maximum absolute atomic E-state index is 6.53. The van der Waals surface area contributed by atoms with Crippen molar-refractivity contribution in [2.75, 3.05) is 0 Å². The van der Waals surface area contributed by atoms with Gasteiger partial charge in [-0.05, 0) is 0 Å². The predicted octanol–water partition coefficient (Wildman–Crippen LogP) is 4.74. The van der Waals surface area contributed by atoms with Crippen molar-refractivity contribution >= 4 is 23.3 Å². The summed E-state index contributed by atoms with van der Waals surface area (Å²) in [5.41, 5.74) is 0. The van der Waals surface area contributed by atoms with Gasteiger partial charge in [0.05, 0.1) is 0 Å². The Hall–Kier alpha value is 0.822. The summed E-state index contributed by atoms with van der Waals surface area (Å²) >= 11 is -0.843. The molecule has 76 valence electrons. The molecule has 0 spiro atoms. The van der Waals surface area contributed by atoms with Crippen molar-refractivity contribution in [3.63, 3.8) is 0 Å². The summed E-state index contributed by atoms with van der Waals surface area (Å²) in [6.45, 7) is 2.27. The maximum atomic E-state index is 6.53. The molecule has 13 heavy (non-hydrogen) atoms. The summed E-state index contributed by atoms with van der Waals surface area (Å²) in [5, 5.41) is 1.39. The van der Waals surface area contributed by atoms with Crippen molar-refractivity contribution in [1.82, 2.24) is 0 Å². The van der Waals surface area contributed by atoms with Crippen LogP contribution in [0.3, 0.4) is 0 Å². The Morgan fingerprint density at radius 3 is 2.46 bits per heavy atom. The van der Waals surface area contributed by atoms with Gasteiger partial charge in [-0.2, -0.15) is 0 Å². The van der Waals surface area contributed by atoms with Crippen LogP contribution in [0.2, 0.25) is 10.1 Å². The Bertz CT molecular complexity index is 121. The highest BCUT2D eigenvalue weighted by Crippen LogP contribution is 2.34. The fourth-order valence-corrected chi connectivity index (χ4v) is 5.88. The highest BCUT2D eigenvalue weighted by molar-refractivity contribution is 7.07. The molecule has 1 aliphatic carbocycles. The zero-order chi connectivity index (χ0) is 9.52. The first-order valence-corrected chi connectivity index (χ1v) is 9.21. The average Bonchev–Trinajstić information content (AvgIpc) is 2.19. The molecule has 0 amide bonds. The average molecular weight is 217 g/mol. The number of hydrogen-bond acceptors (Lipinski definition) is 0. The fraction of sp³-hybridized carbons (Fsp3) is 1.00. The summed E-state index contributed by atoms with van der Waals surface area (Å²) in [4.78, 5) is 0. The molecule has 2 heteroatoms. The van der Waals surface area contributed by atoms with Crippen molar-refractivity contribution in [1.29, 1.82) is 0 Å². The molecule has 0 heterocycles. The highest BCUT2D eigenvalue weighted by atomic mass is 35.6. The molecular formula is C11H22AlCl. The Kier molecular flexibility index (Phi) is 6.55. The van der Waals surface area contributed by atoms with E-state index < -0.39 is 13.2 Å². The lowest BCUT2D eigenvalue weighted by molar-refractivity contribution is 0.497. The lowest BCUT2D eigenvalue weighted by Gasteiger charge is -2.22. The maximum Gasteiger partial charge on any atom is 0.402 e. The Morgan fingerprint density at radius 1 is 1.15 bits per heavy atom. The van der Waals surface area contributed by atoms with Crippen LogP contribution in [0.5, 0.6) is 0 Å². The first-order chi connectivity index (χ1) is 6.34. The Labute approximate surface area is 91.6 Å². The van der Waals surface area contributed by atoms with E-state index in [0.29, 0.717) is 0 Å². The number of unbranched alkanes of at least 4 members (excludes halogenated alkanes) is 2. The van der Waals surface area contributed by atoms with Crippen LogP contribution < -0.4 is 0 Å². The van der Waals surface area contributed by atoms with Gasteiger partial charge in [-0.25, -0.2) is 0 Å². The van der Waals surface area contributed by atoms with Gasteiger partial charge in [-0.3, -0.25) is 10.0 Å². The third-order valence-corrected chi connectivity index (χ3v) is 7.62. The third-order valence-electron chi connectivity index (χ3n) is 3.24. The highest BCUT2D eigenvalue weighted by Gasteiger charge is 2.27. The first-order valence-electron chi connectivity index (χ1n) is 5.98. The van der Waals surface area contributed by atoms with Crippen molar-refractivity contribution in [3.05, 3.63) is 0 Å². The third kappa shape index (κ3) is 4.73. The molecule has 0 atom stereocenters. The van der Waals surface area contributed by atoms with E-state index >= 15 is 0 Å². The summed E-state index contributed by atoms with van der Waals surface area (Å²) in [6.07, 6.45) is 11.4. The minimum absolute atomic E-state index is 0.843. The molecule has 0 aromatic carbocycles. The summed E-state index contributed by atoms with van der Waals surface area (Å²) < 4.78 is 0.979. The minimum Gasteiger partial charge on any atom is -0.261 e. The molecule has 1 aliphatic rings. The van der Waals surface area contributed by atoms with E-state index in [4.69, 9.17) is 10.0 Å². The molecule has 1 fully saturated rings. The molecular weight excluding hydrogens is 195 g/mol. The normalized spacial score (nSPS) is 18.9. The lowest BCUT2D eigenvalue weighted by Crippen LogP contribution is -2.16. The molecule has 1 rings (SSSR count). The van der Waals surface area contributed by atoms with E-state index in [2.05, 4.69) is 6.92 Å². The molecule has 1 saturated carbocycles. The van der Waals surface area contributed by atoms with Crippen molar-refractivity contribution in [2.45, 2.75) is 68.4 Å². The van der Waals surface area contributed by atoms with Crippen molar-refractivity contribution < 1.29 is 0 Å². The topological polar surface area (TPSA) is 0 Å². The van der Waals surface area contributed by atoms with Crippen molar-refractivity contribution in [2.24, 2.45) is 0 Å². The van der Waals surface area contributed by atoms with Crippen LogP contribution >= 0.6 is 10.0 Å². The van der Waals surface area contributed by atoms with E-state index in [-0.39, 0.29) is 0 Å². The van der Waals surface area contributed by atoms with Gasteiger partial charge in [0.2, 0.25) is 0 Å². The summed E-state index contributed by atoms with van der Waals surface area (Å²) in [6, 6.07) is 0. The van der Waals surface area contributed by atoms with Gasteiger partial charge in [0.1, 0.15) is 0 Å². The Balaban J connectivity index is 2.09. The van der Waals surface area contributed by atoms with Gasteiger partial charge in [0, 0.05) is 0 Å². The second-order valence-corrected chi connectivity index (χ2v) is 8.64. The summed E-state index contributed by atoms with van der Waals surface area (Å²) in [5.74, 6) is 0. The zero-order valence-corrected chi connectivity index (χ0v) is 10.8. The van der Waals surface area contributed by atoms with Gasteiger partial charge in [0.15, 0.2) is 0 Å². The van der Waals surface area contributed by atoms with Crippen LogP contribution in [0, 0.1) is 0 Å². The van der Waals surface area contributed by atoms with Gasteiger partial charge >= 0.3 is 13.2 Å². The van der Waals surface area contributed by atoms with Crippen LogP contribution in [0.25, 0.3) is 0 Å². The number of hydrogen-bond donors (Lipinski definition) is 0. The monoisotopic (exact) mass is 216 g/mol. The standard InChI is InChI=1S/C6H11.C5H11.Al.ClH/c1-2-4-6-5-3-1;1-3-5-4-2;;/h1H,2-6H2;1,3-5H2,2H3;;1H/q;;+1;/p-1. The molecule has 0 nitrogen and oxygen atoms in total. The van der Waals surface area contributed by atoms with Gasteiger partial charge in [0.25, 0.3) is 0 Å². The minimum atomic E-state index is -0.843. The van der Waals surface area contributed by atoms with Crippen molar-refractivity contribution in [3.8, 4) is 0 Å². The molecule has 0 aromatic rings. The molecule has 0 unspecified atom stereocenters.